The fourth-order valence-electron chi connectivity index (χ4n) is 2.41. The molecule has 0 aromatic heterocycles. The second kappa shape index (κ2) is 9.10. The predicted molar refractivity (Wildman–Crippen MR) is 101 cm³/mol. The Bertz CT molecular complexity index is 795. The van der Waals surface area contributed by atoms with E-state index in [-0.39, 0.29) is 24.9 Å². The summed E-state index contributed by atoms with van der Waals surface area (Å²) in [4.78, 5) is 25.7. The molecule has 7 heteroatoms. The lowest BCUT2D eigenvalue weighted by Gasteiger charge is -2.22. The van der Waals surface area contributed by atoms with E-state index in [0.29, 0.717) is 22.2 Å². The molecule has 1 N–H and O–H groups in total. The summed E-state index contributed by atoms with van der Waals surface area (Å²) < 4.78 is 10.4. The molecule has 0 saturated heterocycles. The molecule has 0 bridgehead atoms. The average Bonchev–Trinajstić information content (AvgIpc) is 2.64. The van der Waals surface area contributed by atoms with Crippen molar-refractivity contribution in [3.05, 3.63) is 53.1 Å². The minimum Gasteiger partial charge on any atom is -0.493 e. The van der Waals surface area contributed by atoms with Crippen LogP contribution in [0.4, 0.5) is 5.69 Å². The second-order valence-electron chi connectivity index (χ2n) is 5.51. The van der Waals surface area contributed by atoms with Gasteiger partial charge in [-0.05, 0) is 23.8 Å². The van der Waals surface area contributed by atoms with Crippen LogP contribution in [0, 0.1) is 0 Å². The first-order valence-corrected chi connectivity index (χ1v) is 8.34. The smallest absolute Gasteiger partial charge is 0.240 e. The molecule has 0 aliphatic carbocycles. The molecule has 2 rings (SSSR count). The van der Waals surface area contributed by atoms with Gasteiger partial charge in [-0.25, -0.2) is 0 Å². The lowest BCUT2D eigenvalue weighted by atomic mass is 10.2. The van der Waals surface area contributed by atoms with Crippen LogP contribution in [-0.2, 0) is 16.1 Å². The van der Waals surface area contributed by atoms with Crippen molar-refractivity contribution >= 4 is 29.1 Å². The zero-order chi connectivity index (χ0) is 19.1. The average molecular weight is 377 g/mol. The summed E-state index contributed by atoms with van der Waals surface area (Å²) in [6.45, 7) is 1.57. The van der Waals surface area contributed by atoms with Crippen molar-refractivity contribution in [3.8, 4) is 11.5 Å². The molecule has 6 nitrogen and oxygen atoms in total. The van der Waals surface area contributed by atoms with Crippen LogP contribution < -0.4 is 19.7 Å². The molecule has 0 fully saturated rings. The van der Waals surface area contributed by atoms with Gasteiger partial charge in [0.15, 0.2) is 11.5 Å². The minimum atomic E-state index is -0.296. The van der Waals surface area contributed by atoms with E-state index >= 15 is 0 Å². The zero-order valence-electron chi connectivity index (χ0n) is 14.9. The molecule has 0 saturated carbocycles. The third-order valence-corrected chi connectivity index (χ3v) is 4.16. The van der Waals surface area contributed by atoms with E-state index in [9.17, 15) is 9.59 Å². The maximum atomic E-state index is 12.3. The van der Waals surface area contributed by atoms with E-state index in [1.165, 1.54) is 26.0 Å². The number of rotatable bonds is 7. The zero-order valence-corrected chi connectivity index (χ0v) is 15.7. The van der Waals surface area contributed by atoms with Crippen LogP contribution in [0.15, 0.2) is 42.5 Å². The second-order valence-corrected chi connectivity index (χ2v) is 5.92. The molecule has 0 atom stereocenters. The van der Waals surface area contributed by atoms with E-state index in [1.54, 1.807) is 24.3 Å². The highest BCUT2D eigenvalue weighted by molar-refractivity contribution is 6.31. The topological polar surface area (TPSA) is 67.9 Å². The number of nitrogens with zero attached hydrogens (tertiary/aromatic N) is 1. The quantitative estimate of drug-likeness (QED) is 0.806. The van der Waals surface area contributed by atoms with Gasteiger partial charge in [-0.15, -0.1) is 0 Å². The number of carbonyl (C=O) groups excluding carboxylic acids is 2. The number of benzene rings is 2. The van der Waals surface area contributed by atoms with Gasteiger partial charge in [0.25, 0.3) is 0 Å². The number of hydrogen-bond donors (Lipinski definition) is 1. The summed E-state index contributed by atoms with van der Waals surface area (Å²) >= 11 is 6.08. The van der Waals surface area contributed by atoms with Crippen LogP contribution in [0.3, 0.4) is 0 Å². The first-order chi connectivity index (χ1) is 12.5. The van der Waals surface area contributed by atoms with Gasteiger partial charge in [-0.2, -0.15) is 0 Å². The van der Waals surface area contributed by atoms with Gasteiger partial charge in [0.05, 0.1) is 14.2 Å². The van der Waals surface area contributed by atoms with Crippen molar-refractivity contribution < 1.29 is 19.1 Å². The van der Waals surface area contributed by atoms with Crippen LogP contribution in [0.2, 0.25) is 5.02 Å². The number of methoxy groups -OCH3 is 2. The maximum absolute atomic E-state index is 12.3. The Labute approximate surface area is 157 Å². The van der Waals surface area contributed by atoms with Gasteiger partial charge in [-0.3, -0.25) is 9.59 Å². The molecule has 0 radical (unpaired) electrons. The predicted octanol–water partition coefficient (Wildman–Crippen LogP) is 3.03. The molecule has 138 valence electrons. The van der Waals surface area contributed by atoms with Crippen LogP contribution in [0.25, 0.3) is 0 Å². The molecule has 0 unspecified atom stereocenters. The molecule has 2 aromatic carbocycles. The molecule has 0 spiro atoms. The van der Waals surface area contributed by atoms with Crippen molar-refractivity contribution in [2.45, 2.75) is 13.5 Å². The third-order valence-electron chi connectivity index (χ3n) is 3.79. The van der Waals surface area contributed by atoms with E-state index in [0.717, 1.165) is 5.56 Å². The van der Waals surface area contributed by atoms with Crippen molar-refractivity contribution in [1.82, 2.24) is 5.32 Å². The Hall–Kier alpha value is -2.73. The molecule has 0 heterocycles. The number of nitrogens with one attached hydrogen (secondary N) is 1. The first kappa shape index (κ1) is 19.6. The molecular formula is C19H21ClN2O4. The highest BCUT2D eigenvalue weighted by atomic mass is 35.5. The van der Waals surface area contributed by atoms with Crippen molar-refractivity contribution in [2.75, 3.05) is 25.7 Å². The Kier molecular flexibility index (Phi) is 6.86. The standard InChI is InChI=1S/C19H21ClN2O4/c1-13(23)22(15-8-9-17(25-2)18(10-15)26-3)12-19(24)21-11-14-6-4-5-7-16(14)20/h4-10H,11-12H2,1-3H3,(H,21,24). The van der Waals surface area contributed by atoms with Gasteiger partial charge in [0.2, 0.25) is 11.8 Å². The highest BCUT2D eigenvalue weighted by Crippen LogP contribution is 2.31. The highest BCUT2D eigenvalue weighted by Gasteiger charge is 2.18. The van der Waals surface area contributed by atoms with Gasteiger partial charge < -0.3 is 19.7 Å². The summed E-state index contributed by atoms with van der Waals surface area (Å²) in [6.07, 6.45) is 0. The molecule has 0 aliphatic rings. The van der Waals surface area contributed by atoms with E-state index in [1.807, 2.05) is 18.2 Å². The monoisotopic (exact) mass is 376 g/mol. The number of halogens is 1. The van der Waals surface area contributed by atoms with Crippen molar-refractivity contribution in [1.29, 1.82) is 0 Å². The first-order valence-electron chi connectivity index (χ1n) is 7.96. The number of hydrogen-bond acceptors (Lipinski definition) is 4. The van der Waals surface area contributed by atoms with Gasteiger partial charge in [0, 0.05) is 30.2 Å². The lowest BCUT2D eigenvalue weighted by Crippen LogP contribution is -2.39. The molecule has 2 aromatic rings. The van der Waals surface area contributed by atoms with Gasteiger partial charge >= 0.3 is 0 Å². The molecule has 2 amide bonds. The summed E-state index contributed by atoms with van der Waals surface area (Å²) in [5.74, 6) is 0.468. The van der Waals surface area contributed by atoms with E-state index in [4.69, 9.17) is 21.1 Å². The summed E-state index contributed by atoms with van der Waals surface area (Å²) in [6, 6.07) is 12.3. The summed E-state index contributed by atoms with van der Waals surface area (Å²) in [5.41, 5.74) is 1.35. The van der Waals surface area contributed by atoms with Crippen LogP contribution in [-0.4, -0.2) is 32.6 Å². The fraction of sp³-hybridized carbons (Fsp3) is 0.263. The number of anilines is 1. The molecule has 0 aliphatic heterocycles. The Morgan fingerprint density at radius 1 is 1.08 bits per heavy atom. The van der Waals surface area contributed by atoms with E-state index in [2.05, 4.69) is 5.32 Å². The molecule has 26 heavy (non-hydrogen) atoms. The SMILES string of the molecule is COc1ccc(N(CC(=O)NCc2ccccc2Cl)C(C)=O)cc1OC. The van der Waals surface area contributed by atoms with Crippen LogP contribution in [0.1, 0.15) is 12.5 Å². The maximum Gasteiger partial charge on any atom is 0.240 e. The fourth-order valence-corrected chi connectivity index (χ4v) is 2.61. The van der Waals surface area contributed by atoms with Gasteiger partial charge in [-0.1, -0.05) is 29.8 Å². The van der Waals surface area contributed by atoms with Crippen LogP contribution >= 0.6 is 11.6 Å². The Morgan fingerprint density at radius 2 is 1.77 bits per heavy atom. The largest absolute Gasteiger partial charge is 0.493 e. The van der Waals surface area contributed by atoms with E-state index < -0.39 is 0 Å². The summed E-state index contributed by atoms with van der Waals surface area (Å²) in [7, 11) is 3.04. The third kappa shape index (κ3) is 4.89. The summed E-state index contributed by atoms with van der Waals surface area (Å²) in [5, 5.41) is 3.35. The van der Waals surface area contributed by atoms with Gasteiger partial charge in [0.1, 0.15) is 6.54 Å². The number of amides is 2. The Morgan fingerprint density at radius 3 is 2.38 bits per heavy atom. The van der Waals surface area contributed by atoms with Crippen molar-refractivity contribution in [3.63, 3.8) is 0 Å². The number of carbonyl (C=O) groups is 2. The Balaban J connectivity index is 2.09. The normalized spacial score (nSPS) is 10.2. The number of ether oxygens (including phenoxy) is 2. The lowest BCUT2D eigenvalue weighted by molar-refractivity contribution is -0.123. The van der Waals surface area contributed by atoms with Crippen molar-refractivity contribution in [2.24, 2.45) is 0 Å². The minimum absolute atomic E-state index is 0.116. The van der Waals surface area contributed by atoms with Crippen LogP contribution in [0.5, 0.6) is 11.5 Å². The molecular weight excluding hydrogens is 356 g/mol.